The van der Waals surface area contributed by atoms with Crippen LogP contribution in [0.25, 0.3) is 0 Å². The van der Waals surface area contributed by atoms with Crippen LogP contribution in [-0.2, 0) is 4.79 Å². The predicted molar refractivity (Wildman–Crippen MR) is 57.8 cm³/mol. The molecule has 3 heteroatoms. The first-order chi connectivity index (χ1) is 6.60. The molecule has 1 aliphatic carbocycles. The highest BCUT2D eigenvalue weighted by atomic mass is 16.2. The minimum atomic E-state index is -0.282. The molecule has 1 amide bonds. The second-order valence-electron chi connectivity index (χ2n) is 4.33. The quantitative estimate of drug-likeness (QED) is 0.664. The standard InChI is InChI=1S/C11H20N2O/c1-9(2)7-13-10(14)11(8-12)5-3-4-6-11/h1,3-8,12H2,2H3,(H,13,14). The lowest BCUT2D eigenvalue weighted by Crippen LogP contribution is -2.44. The molecular weight excluding hydrogens is 176 g/mol. The molecule has 80 valence electrons. The van der Waals surface area contributed by atoms with Gasteiger partial charge in [-0.25, -0.2) is 0 Å². The summed E-state index contributed by atoms with van der Waals surface area (Å²) in [6.07, 6.45) is 4.12. The summed E-state index contributed by atoms with van der Waals surface area (Å²) >= 11 is 0. The molecule has 3 N–H and O–H groups in total. The van der Waals surface area contributed by atoms with Crippen LogP contribution in [-0.4, -0.2) is 19.0 Å². The molecule has 0 spiro atoms. The molecule has 0 unspecified atom stereocenters. The topological polar surface area (TPSA) is 55.1 Å². The Kier molecular flexibility index (Phi) is 3.69. The number of nitrogens with two attached hydrogens (primary N) is 1. The molecule has 14 heavy (non-hydrogen) atoms. The molecule has 1 rings (SSSR count). The van der Waals surface area contributed by atoms with Gasteiger partial charge in [0.2, 0.25) is 5.91 Å². The van der Waals surface area contributed by atoms with E-state index < -0.39 is 0 Å². The third-order valence-electron chi connectivity index (χ3n) is 2.98. The summed E-state index contributed by atoms with van der Waals surface area (Å²) in [6.45, 7) is 6.70. The summed E-state index contributed by atoms with van der Waals surface area (Å²) in [7, 11) is 0. The molecule has 1 fully saturated rings. The SMILES string of the molecule is C=C(C)CNC(=O)C1(CN)CCCC1. The van der Waals surface area contributed by atoms with E-state index in [4.69, 9.17) is 5.73 Å². The number of rotatable bonds is 4. The monoisotopic (exact) mass is 196 g/mol. The zero-order chi connectivity index (χ0) is 10.6. The van der Waals surface area contributed by atoms with E-state index in [1.165, 1.54) is 0 Å². The highest BCUT2D eigenvalue weighted by Crippen LogP contribution is 2.37. The lowest BCUT2D eigenvalue weighted by atomic mass is 9.85. The van der Waals surface area contributed by atoms with Gasteiger partial charge in [-0.05, 0) is 19.8 Å². The van der Waals surface area contributed by atoms with Gasteiger partial charge in [-0.1, -0.05) is 25.0 Å². The first-order valence-corrected chi connectivity index (χ1v) is 5.23. The fourth-order valence-corrected chi connectivity index (χ4v) is 1.99. The Bertz CT molecular complexity index is 229. The Morgan fingerprint density at radius 3 is 2.50 bits per heavy atom. The van der Waals surface area contributed by atoms with Crippen molar-refractivity contribution in [1.29, 1.82) is 0 Å². The zero-order valence-electron chi connectivity index (χ0n) is 8.94. The van der Waals surface area contributed by atoms with Crippen LogP contribution in [0.2, 0.25) is 0 Å². The molecule has 0 aliphatic heterocycles. The molecule has 0 radical (unpaired) electrons. The summed E-state index contributed by atoms with van der Waals surface area (Å²) in [5, 5.41) is 2.90. The number of amides is 1. The van der Waals surface area contributed by atoms with Gasteiger partial charge in [0, 0.05) is 13.1 Å². The van der Waals surface area contributed by atoms with Crippen LogP contribution < -0.4 is 11.1 Å². The molecular formula is C11H20N2O. The molecule has 0 aromatic heterocycles. The maximum atomic E-state index is 11.9. The van der Waals surface area contributed by atoms with Gasteiger partial charge in [0.1, 0.15) is 0 Å². The molecule has 3 nitrogen and oxygen atoms in total. The Balaban J connectivity index is 2.52. The average molecular weight is 196 g/mol. The largest absolute Gasteiger partial charge is 0.352 e. The second-order valence-corrected chi connectivity index (χ2v) is 4.33. The lowest BCUT2D eigenvalue weighted by Gasteiger charge is -2.25. The number of hydrogen-bond donors (Lipinski definition) is 2. The highest BCUT2D eigenvalue weighted by Gasteiger charge is 2.39. The van der Waals surface area contributed by atoms with Crippen molar-refractivity contribution in [3.63, 3.8) is 0 Å². The molecule has 0 aromatic carbocycles. The number of carbonyl (C=O) groups excluding carboxylic acids is 1. The van der Waals surface area contributed by atoms with Gasteiger partial charge in [-0.15, -0.1) is 0 Å². The van der Waals surface area contributed by atoms with Crippen molar-refractivity contribution in [2.75, 3.05) is 13.1 Å². The third-order valence-corrected chi connectivity index (χ3v) is 2.98. The van der Waals surface area contributed by atoms with Crippen LogP contribution in [0, 0.1) is 5.41 Å². The Morgan fingerprint density at radius 1 is 1.50 bits per heavy atom. The van der Waals surface area contributed by atoms with E-state index in [1.807, 2.05) is 6.92 Å². The van der Waals surface area contributed by atoms with Crippen molar-refractivity contribution in [3.05, 3.63) is 12.2 Å². The van der Waals surface area contributed by atoms with Crippen molar-refractivity contribution in [2.45, 2.75) is 32.6 Å². The van der Waals surface area contributed by atoms with Gasteiger partial charge in [-0.3, -0.25) is 4.79 Å². The van der Waals surface area contributed by atoms with E-state index in [2.05, 4.69) is 11.9 Å². The molecule has 0 atom stereocenters. The molecule has 0 aromatic rings. The van der Waals surface area contributed by atoms with Crippen LogP contribution in [0.4, 0.5) is 0 Å². The van der Waals surface area contributed by atoms with E-state index in [0.29, 0.717) is 13.1 Å². The summed E-state index contributed by atoms with van der Waals surface area (Å²) < 4.78 is 0. The van der Waals surface area contributed by atoms with Crippen LogP contribution in [0.1, 0.15) is 32.6 Å². The van der Waals surface area contributed by atoms with E-state index in [1.54, 1.807) is 0 Å². The van der Waals surface area contributed by atoms with Crippen LogP contribution in [0.15, 0.2) is 12.2 Å². The van der Waals surface area contributed by atoms with Crippen LogP contribution in [0.3, 0.4) is 0 Å². The van der Waals surface area contributed by atoms with Crippen molar-refractivity contribution in [3.8, 4) is 0 Å². The van der Waals surface area contributed by atoms with E-state index in [9.17, 15) is 4.79 Å². The van der Waals surface area contributed by atoms with Crippen LogP contribution >= 0.6 is 0 Å². The van der Waals surface area contributed by atoms with Gasteiger partial charge < -0.3 is 11.1 Å². The second kappa shape index (κ2) is 4.60. The normalized spacial score (nSPS) is 19.3. The first kappa shape index (κ1) is 11.2. The summed E-state index contributed by atoms with van der Waals surface area (Å²) in [6, 6.07) is 0. The van der Waals surface area contributed by atoms with Crippen molar-refractivity contribution < 1.29 is 4.79 Å². The fraction of sp³-hybridized carbons (Fsp3) is 0.727. The maximum absolute atomic E-state index is 11.9. The van der Waals surface area contributed by atoms with E-state index >= 15 is 0 Å². The van der Waals surface area contributed by atoms with E-state index in [-0.39, 0.29) is 11.3 Å². The Labute approximate surface area is 85.7 Å². The Hall–Kier alpha value is -0.830. The molecule has 0 saturated heterocycles. The fourth-order valence-electron chi connectivity index (χ4n) is 1.99. The van der Waals surface area contributed by atoms with Gasteiger partial charge in [0.05, 0.1) is 5.41 Å². The van der Waals surface area contributed by atoms with Gasteiger partial charge in [0.15, 0.2) is 0 Å². The number of carbonyl (C=O) groups is 1. The van der Waals surface area contributed by atoms with E-state index in [0.717, 1.165) is 31.3 Å². The summed E-state index contributed by atoms with van der Waals surface area (Å²) in [4.78, 5) is 11.9. The van der Waals surface area contributed by atoms with Crippen molar-refractivity contribution in [2.24, 2.45) is 11.1 Å². The minimum absolute atomic E-state index is 0.112. The van der Waals surface area contributed by atoms with Gasteiger partial charge in [-0.2, -0.15) is 0 Å². The predicted octanol–water partition coefficient (Wildman–Crippen LogP) is 1.20. The molecule has 0 heterocycles. The maximum Gasteiger partial charge on any atom is 0.227 e. The zero-order valence-corrected chi connectivity index (χ0v) is 8.94. The first-order valence-electron chi connectivity index (χ1n) is 5.23. The Morgan fingerprint density at radius 2 is 2.07 bits per heavy atom. The highest BCUT2D eigenvalue weighted by molar-refractivity contribution is 5.83. The summed E-state index contributed by atoms with van der Waals surface area (Å²) in [5.74, 6) is 0.112. The summed E-state index contributed by atoms with van der Waals surface area (Å²) in [5.41, 5.74) is 6.39. The molecule has 1 aliphatic rings. The van der Waals surface area contributed by atoms with Crippen molar-refractivity contribution in [1.82, 2.24) is 5.32 Å². The lowest BCUT2D eigenvalue weighted by molar-refractivity contribution is -0.130. The average Bonchev–Trinajstić information content (AvgIpc) is 2.63. The number of hydrogen-bond acceptors (Lipinski definition) is 2. The van der Waals surface area contributed by atoms with Crippen molar-refractivity contribution >= 4 is 5.91 Å². The minimum Gasteiger partial charge on any atom is -0.352 e. The smallest absolute Gasteiger partial charge is 0.227 e. The van der Waals surface area contributed by atoms with Crippen LogP contribution in [0.5, 0.6) is 0 Å². The number of nitrogens with one attached hydrogen (secondary N) is 1. The molecule has 1 saturated carbocycles. The molecule has 0 bridgehead atoms. The third kappa shape index (κ3) is 2.35. The van der Waals surface area contributed by atoms with Gasteiger partial charge in [0.25, 0.3) is 0 Å². The van der Waals surface area contributed by atoms with Gasteiger partial charge >= 0.3 is 0 Å².